The van der Waals surface area contributed by atoms with Gasteiger partial charge in [-0.1, -0.05) is 36.8 Å². The quantitative estimate of drug-likeness (QED) is 0.875. The topological polar surface area (TPSA) is 58.1 Å². The molecule has 2 heterocycles. The average molecular weight is 344 g/mol. The van der Waals surface area contributed by atoms with E-state index >= 15 is 0 Å². The molecule has 1 amide bonds. The number of aryl methyl sites for hydroxylation is 1. The Morgan fingerprint density at radius 1 is 1.29 bits per heavy atom. The molecule has 3 rings (SSSR count). The van der Waals surface area contributed by atoms with Crippen LogP contribution in [0, 0.1) is 6.92 Å². The Kier molecular flexibility index (Phi) is 5.93. The van der Waals surface area contributed by atoms with Crippen LogP contribution in [-0.2, 0) is 17.8 Å². The van der Waals surface area contributed by atoms with Gasteiger partial charge >= 0.3 is 0 Å². The zero-order valence-corrected chi connectivity index (χ0v) is 14.9. The van der Waals surface area contributed by atoms with Crippen molar-refractivity contribution < 1.29 is 4.79 Å². The highest BCUT2D eigenvalue weighted by atomic mass is 32.1. The van der Waals surface area contributed by atoms with E-state index in [-0.39, 0.29) is 11.9 Å². The number of aromatic nitrogens is 2. The average Bonchev–Trinajstić information content (AvgIpc) is 3.01. The fourth-order valence-corrected chi connectivity index (χ4v) is 3.85. The van der Waals surface area contributed by atoms with Crippen LogP contribution in [0.5, 0.6) is 0 Å². The molecule has 0 saturated carbocycles. The van der Waals surface area contributed by atoms with Crippen LogP contribution in [0.4, 0.5) is 0 Å². The number of hydrogen-bond donors (Lipinski definition) is 1. The third-order valence-corrected chi connectivity index (χ3v) is 5.25. The van der Waals surface area contributed by atoms with Crippen molar-refractivity contribution in [2.75, 3.05) is 13.1 Å². The standard InChI is InChI=1S/C18H24N4OS/c1-14-20-21-17(24-14)10-11-19-18(23)16-9-5-6-12-22(16)13-15-7-3-2-4-8-15/h2-4,7-8,16H,5-6,9-13H2,1H3,(H,19,23)/t16-/m0/s1. The highest BCUT2D eigenvalue weighted by molar-refractivity contribution is 7.11. The maximum atomic E-state index is 12.6. The van der Waals surface area contributed by atoms with E-state index in [4.69, 9.17) is 0 Å². The summed E-state index contributed by atoms with van der Waals surface area (Å²) < 4.78 is 0. The van der Waals surface area contributed by atoms with E-state index in [0.29, 0.717) is 6.54 Å². The van der Waals surface area contributed by atoms with E-state index in [1.807, 2.05) is 13.0 Å². The van der Waals surface area contributed by atoms with Crippen LogP contribution in [0.2, 0.25) is 0 Å². The third kappa shape index (κ3) is 4.61. The van der Waals surface area contributed by atoms with Gasteiger partial charge in [-0.2, -0.15) is 0 Å². The first-order valence-corrected chi connectivity index (χ1v) is 9.39. The molecule has 0 spiro atoms. The van der Waals surface area contributed by atoms with Crippen LogP contribution < -0.4 is 5.32 Å². The van der Waals surface area contributed by atoms with Crippen molar-refractivity contribution >= 4 is 17.2 Å². The molecule has 1 atom stereocenters. The van der Waals surface area contributed by atoms with Gasteiger partial charge < -0.3 is 5.32 Å². The first-order chi connectivity index (χ1) is 11.7. The summed E-state index contributed by atoms with van der Waals surface area (Å²) in [5.41, 5.74) is 1.27. The highest BCUT2D eigenvalue weighted by Crippen LogP contribution is 2.20. The molecule has 0 radical (unpaired) electrons. The number of nitrogens with zero attached hydrogens (tertiary/aromatic N) is 3. The normalized spacial score (nSPS) is 18.5. The summed E-state index contributed by atoms with van der Waals surface area (Å²) in [5.74, 6) is 0.145. The van der Waals surface area contributed by atoms with E-state index in [1.54, 1.807) is 11.3 Å². The van der Waals surface area contributed by atoms with E-state index < -0.39 is 0 Å². The molecule has 1 N–H and O–H groups in total. The number of benzene rings is 1. The predicted octanol–water partition coefficient (Wildman–Crippen LogP) is 2.56. The second kappa shape index (κ2) is 8.35. The lowest BCUT2D eigenvalue weighted by Gasteiger charge is -2.34. The van der Waals surface area contributed by atoms with Gasteiger partial charge in [-0.05, 0) is 31.9 Å². The molecule has 6 heteroatoms. The lowest BCUT2D eigenvalue weighted by atomic mass is 10.0. The number of piperidine rings is 1. The van der Waals surface area contributed by atoms with Gasteiger partial charge in [-0.15, -0.1) is 21.5 Å². The predicted molar refractivity (Wildman–Crippen MR) is 95.9 cm³/mol. The van der Waals surface area contributed by atoms with E-state index in [9.17, 15) is 4.79 Å². The molecular formula is C18H24N4OS. The molecule has 0 aliphatic carbocycles. The van der Waals surface area contributed by atoms with Crippen LogP contribution in [0.3, 0.4) is 0 Å². The summed E-state index contributed by atoms with van der Waals surface area (Å²) in [6.07, 6.45) is 3.99. The Morgan fingerprint density at radius 2 is 2.12 bits per heavy atom. The molecule has 1 aliphatic rings. The Bertz CT molecular complexity index is 658. The molecule has 1 fully saturated rings. The fraction of sp³-hybridized carbons (Fsp3) is 0.500. The molecule has 0 bridgehead atoms. The van der Waals surface area contributed by atoms with Crippen LogP contribution in [0.15, 0.2) is 30.3 Å². The van der Waals surface area contributed by atoms with Gasteiger partial charge in [0, 0.05) is 19.5 Å². The molecular weight excluding hydrogens is 320 g/mol. The molecule has 1 aliphatic heterocycles. The number of carbonyl (C=O) groups excluding carboxylic acids is 1. The minimum Gasteiger partial charge on any atom is -0.354 e. The summed E-state index contributed by atoms with van der Waals surface area (Å²) >= 11 is 1.59. The summed E-state index contributed by atoms with van der Waals surface area (Å²) in [6.45, 7) is 4.41. The van der Waals surface area contributed by atoms with Crippen LogP contribution in [0.1, 0.15) is 34.8 Å². The number of amides is 1. The summed E-state index contributed by atoms with van der Waals surface area (Å²) in [4.78, 5) is 14.9. The monoisotopic (exact) mass is 344 g/mol. The zero-order chi connectivity index (χ0) is 16.8. The van der Waals surface area contributed by atoms with E-state index in [0.717, 1.165) is 42.4 Å². The number of nitrogens with one attached hydrogen (secondary N) is 1. The second-order valence-corrected chi connectivity index (χ2v) is 7.49. The molecule has 24 heavy (non-hydrogen) atoms. The summed E-state index contributed by atoms with van der Waals surface area (Å²) in [5, 5.41) is 13.2. The molecule has 1 aromatic carbocycles. The van der Waals surface area contributed by atoms with Crippen molar-refractivity contribution in [2.45, 2.75) is 45.2 Å². The van der Waals surface area contributed by atoms with Crippen LogP contribution in [0.25, 0.3) is 0 Å². The molecule has 2 aromatic rings. The Hall–Kier alpha value is -1.79. The van der Waals surface area contributed by atoms with Gasteiger partial charge in [0.2, 0.25) is 5.91 Å². The number of rotatable bonds is 6. The van der Waals surface area contributed by atoms with Crippen molar-refractivity contribution in [1.82, 2.24) is 20.4 Å². The number of carbonyl (C=O) groups is 1. The molecule has 1 aromatic heterocycles. The van der Waals surface area contributed by atoms with Crippen molar-refractivity contribution in [3.05, 3.63) is 45.9 Å². The zero-order valence-electron chi connectivity index (χ0n) is 14.1. The van der Waals surface area contributed by atoms with Gasteiger partial charge in [0.1, 0.15) is 10.0 Å². The van der Waals surface area contributed by atoms with Crippen LogP contribution >= 0.6 is 11.3 Å². The van der Waals surface area contributed by atoms with Gasteiger partial charge in [0.05, 0.1) is 6.04 Å². The van der Waals surface area contributed by atoms with Gasteiger partial charge in [-0.25, -0.2) is 0 Å². The van der Waals surface area contributed by atoms with Crippen LogP contribution in [-0.4, -0.2) is 40.1 Å². The minimum absolute atomic E-state index is 0.0184. The molecule has 5 nitrogen and oxygen atoms in total. The number of hydrogen-bond acceptors (Lipinski definition) is 5. The maximum absolute atomic E-state index is 12.6. The summed E-state index contributed by atoms with van der Waals surface area (Å²) in [6, 6.07) is 10.4. The maximum Gasteiger partial charge on any atom is 0.237 e. The van der Waals surface area contributed by atoms with Crippen molar-refractivity contribution in [1.29, 1.82) is 0 Å². The van der Waals surface area contributed by atoms with Gasteiger partial charge in [0.25, 0.3) is 0 Å². The first kappa shape index (κ1) is 17.0. The minimum atomic E-state index is -0.0184. The van der Waals surface area contributed by atoms with E-state index in [2.05, 4.69) is 44.7 Å². The Labute approximate surface area is 147 Å². The van der Waals surface area contributed by atoms with E-state index in [1.165, 1.54) is 12.0 Å². The lowest BCUT2D eigenvalue weighted by molar-refractivity contribution is -0.127. The molecule has 0 unspecified atom stereocenters. The van der Waals surface area contributed by atoms with Crippen molar-refractivity contribution in [2.24, 2.45) is 0 Å². The second-order valence-electron chi connectivity index (χ2n) is 6.22. The van der Waals surface area contributed by atoms with Gasteiger partial charge in [-0.3, -0.25) is 9.69 Å². The highest BCUT2D eigenvalue weighted by Gasteiger charge is 2.28. The Morgan fingerprint density at radius 3 is 2.88 bits per heavy atom. The van der Waals surface area contributed by atoms with Crippen molar-refractivity contribution in [3.63, 3.8) is 0 Å². The number of likely N-dealkylation sites (tertiary alicyclic amines) is 1. The first-order valence-electron chi connectivity index (χ1n) is 8.57. The summed E-state index contributed by atoms with van der Waals surface area (Å²) in [7, 11) is 0. The van der Waals surface area contributed by atoms with Gasteiger partial charge in [0.15, 0.2) is 0 Å². The SMILES string of the molecule is Cc1nnc(CCNC(=O)[C@@H]2CCCCN2Cc2ccccc2)s1. The largest absolute Gasteiger partial charge is 0.354 e. The Balaban J connectivity index is 1.53. The molecule has 1 saturated heterocycles. The fourth-order valence-electron chi connectivity index (χ4n) is 3.14. The smallest absolute Gasteiger partial charge is 0.237 e. The third-order valence-electron chi connectivity index (χ3n) is 4.35. The lowest BCUT2D eigenvalue weighted by Crippen LogP contribution is -2.49. The molecule has 128 valence electrons. The van der Waals surface area contributed by atoms with Crippen molar-refractivity contribution in [3.8, 4) is 0 Å².